The van der Waals surface area contributed by atoms with Gasteiger partial charge in [0.05, 0.1) is 12.2 Å². The summed E-state index contributed by atoms with van der Waals surface area (Å²) >= 11 is 0. The van der Waals surface area contributed by atoms with Crippen LogP contribution in [0.5, 0.6) is 0 Å². The second-order valence-corrected chi connectivity index (χ2v) is 5.03. The third-order valence-electron chi connectivity index (χ3n) is 3.57. The molecule has 0 atom stereocenters. The fourth-order valence-corrected chi connectivity index (χ4v) is 2.31. The highest BCUT2D eigenvalue weighted by Gasteiger charge is 2.33. The minimum absolute atomic E-state index is 0.118. The summed E-state index contributed by atoms with van der Waals surface area (Å²) in [5.41, 5.74) is 5.63. The van der Waals surface area contributed by atoms with E-state index in [0.29, 0.717) is 25.6 Å². The fourth-order valence-electron chi connectivity index (χ4n) is 2.31. The highest BCUT2D eigenvalue weighted by atomic mass is 16.5. The number of hydrogen-bond donors (Lipinski definition) is 2. The molecule has 2 rings (SSSR count). The molecule has 2 saturated carbocycles. The summed E-state index contributed by atoms with van der Waals surface area (Å²) in [4.78, 5) is 11.4. The molecule has 92 valence electrons. The smallest absolute Gasteiger partial charge is 0.222 e. The molecular formula is C12H22N2O2. The van der Waals surface area contributed by atoms with E-state index in [0.717, 1.165) is 25.7 Å². The molecule has 0 saturated heterocycles. The highest BCUT2D eigenvalue weighted by molar-refractivity contribution is 5.76. The maximum atomic E-state index is 11.4. The number of ether oxygens (including phenoxy) is 1. The second-order valence-electron chi connectivity index (χ2n) is 5.03. The van der Waals surface area contributed by atoms with Crippen LogP contribution in [0.2, 0.25) is 0 Å². The number of nitrogens with two attached hydrogens (primary N) is 1. The summed E-state index contributed by atoms with van der Waals surface area (Å²) in [5.74, 6) is 0.118. The number of nitrogens with one attached hydrogen (secondary N) is 1. The van der Waals surface area contributed by atoms with Crippen molar-refractivity contribution >= 4 is 5.91 Å². The largest absolute Gasteiger partial charge is 0.373 e. The van der Waals surface area contributed by atoms with Crippen LogP contribution in [0.3, 0.4) is 0 Å². The molecule has 0 spiro atoms. The molecule has 0 aromatic rings. The first-order valence-electron chi connectivity index (χ1n) is 6.37. The quantitative estimate of drug-likeness (QED) is 0.708. The zero-order chi connectivity index (χ0) is 11.4. The average Bonchev–Trinajstić information content (AvgIpc) is 2.96. The van der Waals surface area contributed by atoms with Crippen LogP contribution in [-0.4, -0.2) is 30.7 Å². The Morgan fingerprint density at radius 3 is 2.62 bits per heavy atom. The number of hydrogen-bond acceptors (Lipinski definition) is 3. The molecule has 0 aliphatic heterocycles. The lowest BCUT2D eigenvalue weighted by Gasteiger charge is -2.27. The van der Waals surface area contributed by atoms with Crippen LogP contribution < -0.4 is 11.1 Å². The minimum Gasteiger partial charge on any atom is -0.373 e. The van der Waals surface area contributed by atoms with Crippen LogP contribution in [0.25, 0.3) is 0 Å². The van der Waals surface area contributed by atoms with Gasteiger partial charge < -0.3 is 15.8 Å². The molecule has 3 N–H and O–H groups in total. The van der Waals surface area contributed by atoms with Crippen LogP contribution in [-0.2, 0) is 9.53 Å². The molecule has 0 radical (unpaired) electrons. The molecule has 0 bridgehead atoms. The van der Waals surface area contributed by atoms with Crippen molar-refractivity contribution < 1.29 is 9.53 Å². The van der Waals surface area contributed by atoms with Crippen LogP contribution in [0, 0.1) is 0 Å². The van der Waals surface area contributed by atoms with E-state index < -0.39 is 0 Å². The van der Waals surface area contributed by atoms with Gasteiger partial charge in [0.25, 0.3) is 0 Å². The zero-order valence-electron chi connectivity index (χ0n) is 9.84. The van der Waals surface area contributed by atoms with E-state index in [1.807, 2.05) is 0 Å². The molecule has 16 heavy (non-hydrogen) atoms. The molecule has 2 aliphatic carbocycles. The summed E-state index contributed by atoms with van der Waals surface area (Å²) in [6.07, 6.45) is 7.25. The van der Waals surface area contributed by atoms with E-state index in [1.165, 1.54) is 12.8 Å². The Labute approximate surface area is 96.9 Å². The van der Waals surface area contributed by atoms with Crippen molar-refractivity contribution in [2.24, 2.45) is 5.73 Å². The predicted octanol–water partition coefficient (Wildman–Crippen LogP) is 0.943. The van der Waals surface area contributed by atoms with Crippen molar-refractivity contribution in [1.82, 2.24) is 5.32 Å². The standard InChI is InChI=1S/C12H22N2O2/c13-9-12(6-1-2-7-12)16-8-5-11(15)14-10-3-4-10/h10H,1-9,13H2,(H,14,15). The van der Waals surface area contributed by atoms with E-state index in [-0.39, 0.29) is 11.5 Å². The lowest BCUT2D eigenvalue weighted by Crippen LogP contribution is -2.39. The summed E-state index contributed by atoms with van der Waals surface area (Å²) in [7, 11) is 0. The summed E-state index contributed by atoms with van der Waals surface area (Å²) in [6.45, 7) is 1.09. The molecule has 0 aromatic heterocycles. The van der Waals surface area contributed by atoms with Gasteiger partial charge in [0.15, 0.2) is 0 Å². The van der Waals surface area contributed by atoms with Gasteiger partial charge in [0.2, 0.25) is 5.91 Å². The monoisotopic (exact) mass is 226 g/mol. The van der Waals surface area contributed by atoms with Gasteiger partial charge in [-0.1, -0.05) is 12.8 Å². The van der Waals surface area contributed by atoms with Gasteiger partial charge in [-0.2, -0.15) is 0 Å². The normalized spacial score (nSPS) is 23.3. The molecule has 2 fully saturated rings. The lowest BCUT2D eigenvalue weighted by molar-refractivity contribution is -0.124. The van der Waals surface area contributed by atoms with Crippen molar-refractivity contribution in [1.29, 1.82) is 0 Å². The SMILES string of the molecule is NCC1(OCCC(=O)NC2CC2)CCCC1. The Morgan fingerprint density at radius 2 is 2.06 bits per heavy atom. The van der Waals surface area contributed by atoms with Gasteiger partial charge in [-0.3, -0.25) is 4.79 Å². The maximum Gasteiger partial charge on any atom is 0.222 e. The van der Waals surface area contributed by atoms with Crippen molar-refractivity contribution in [3.8, 4) is 0 Å². The van der Waals surface area contributed by atoms with Crippen LogP contribution in [0.1, 0.15) is 44.9 Å². The molecule has 4 nitrogen and oxygen atoms in total. The number of rotatable bonds is 6. The summed E-state index contributed by atoms with van der Waals surface area (Å²) in [6, 6.07) is 0.447. The number of carbonyl (C=O) groups is 1. The van der Waals surface area contributed by atoms with E-state index in [2.05, 4.69) is 5.32 Å². The van der Waals surface area contributed by atoms with Crippen molar-refractivity contribution in [3.63, 3.8) is 0 Å². The van der Waals surface area contributed by atoms with Crippen LogP contribution in [0.15, 0.2) is 0 Å². The number of amides is 1. The molecule has 0 heterocycles. The first-order chi connectivity index (χ1) is 7.74. The molecule has 0 aromatic carbocycles. The summed E-state index contributed by atoms with van der Waals surface area (Å²) in [5, 5.41) is 2.96. The molecule has 0 unspecified atom stereocenters. The van der Waals surface area contributed by atoms with E-state index in [9.17, 15) is 4.79 Å². The Morgan fingerprint density at radius 1 is 1.38 bits per heavy atom. The lowest BCUT2D eigenvalue weighted by atomic mass is 10.0. The Hall–Kier alpha value is -0.610. The highest BCUT2D eigenvalue weighted by Crippen LogP contribution is 2.32. The Balaban J connectivity index is 1.63. The van der Waals surface area contributed by atoms with Gasteiger partial charge in [-0.25, -0.2) is 0 Å². The average molecular weight is 226 g/mol. The van der Waals surface area contributed by atoms with Gasteiger partial charge in [0, 0.05) is 19.0 Å². The maximum absolute atomic E-state index is 11.4. The Kier molecular flexibility index (Phi) is 3.82. The van der Waals surface area contributed by atoms with Crippen LogP contribution in [0.4, 0.5) is 0 Å². The van der Waals surface area contributed by atoms with Gasteiger partial charge in [-0.15, -0.1) is 0 Å². The Bertz CT molecular complexity index is 245. The first-order valence-corrected chi connectivity index (χ1v) is 6.37. The van der Waals surface area contributed by atoms with Crippen molar-refractivity contribution in [3.05, 3.63) is 0 Å². The van der Waals surface area contributed by atoms with Gasteiger partial charge in [-0.05, 0) is 25.7 Å². The zero-order valence-corrected chi connectivity index (χ0v) is 9.84. The molecule has 1 amide bonds. The van der Waals surface area contributed by atoms with E-state index in [4.69, 9.17) is 10.5 Å². The van der Waals surface area contributed by atoms with E-state index in [1.54, 1.807) is 0 Å². The topological polar surface area (TPSA) is 64.3 Å². The number of carbonyl (C=O) groups excluding carboxylic acids is 1. The fraction of sp³-hybridized carbons (Fsp3) is 0.917. The predicted molar refractivity (Wildman–Crippen MR) is 62.0 cm³/mol. The van der Waals surface area contributed by atoms with E-state index >= 15 is 0 Å². The molecule has 2 aliphatic rings. The van der Waals surface area contributed by atoms with Crippen molar-refractivity contribution in [2.45, 2.75) is 56.6 Å². The van der Waals surface area contributed by atoms with Gasteiger partial charge >= 0.3 is 0 Å². The third kappa shape index (κ3) is 3.19. The van der Waals surface area contributed by atoms with Crippen LogP contribution >= 0.6 is 0 Å². The van der Waals surface area contributed by atoms with Crippen molar-refractivity contribution in [2.75, 3.05) is 13.2 Å². The van der Waals surface area contributed by atoms with Gasteiger partial charge in [0.1, 0.15) is 0 Å². The minimum atomic E-state index is -0.125. The third-order valence-corrected chi connectivity index (χ3v) is 3.57. The molecular weight excluding hydrogens is 204 g/mol. The second kappa shape index (κ2) is 5.15. The molecule has 4 heteroatoms. The summed E-state index contributed by atoms with van der Waals surface area (Å²) < 4.78 is 5.83. The first kappa shape index (κ1) is 11.9.